The molecule has 0 saturated carbocycles. The molecule has 2 rings (SSSR count). The van der Waals surface area contributed by atoms with Crippen molar-refractivity contribution < 1.29 is 9.59 Å². The average Bonchev–Trinajstić information content (AvgIpc) is 2.83. The molecule has 1 amide bonds. The molecule has 1 aliphatic heterocycles. The lowest BCUT2D eigenvalue weighted by Crippen LogP contribution is -2.43. The number of fused-ring (bicyclic) bond motifs is 1. The fourth-order valence-corrected chi connectivity index (χ4v) is 1.91. The first-order valence-corrected chi connectivity index (χ1v) is 5.95. The van der Waals surface area contributed by atoms with Crippen molar-refractivity contribution in [2.45, 2.75) is 33.4 Å². The molecular formula is C12H17N3O2. The fourth-order valence-electron chi connectivity index (χ4n) is 1.91. The van der Waals surface area contributed by atoms with E-state index >= 15 is 0 Å². The lowest BCUT2D eigenvalue weighted by molar-refractivity contribution is -0.147. The summed E-state index contributed by atoms with van der Waals surface area (Å²) in [5, 5.41) is 0. The molecule has 92 valence electrons. The summed E-state index contributed by atoms with van der Waals surface area (Å²) in [7, 11) is 0. The summed E-state index contributed by atoms with van der Waals surface area (Å²) in [4.78, 5) is 29.4. The van der Waals surface area contributed by atoms with Crippen LogP contribution in [0.3, 0.4) is 0 Å². The topological polar surface area (TPSA) is 55.2 Å². The first-order chi connectivity index (χ1) is 8.13. The molecule has 0 spiro atoms. The smallest absolute Gasteiger partial charge is 0.290 e. The highest BCUT2D eigenvalue weighted by atomic mass is 16.2. The standard InChI is InChI=1S/C12H17N3O2/c1-3-9(2)11(16)12(17)14-4-5-15-8-13-6-10(15)7-14/h6,8-9H,3-5,7H2,1-2H3. The van der Waals surface area contributed by atoms with E-state index in [-0.39, 0.29) is 17.6 Å². The minimum absolute atomic E-state index is 0.186. The number of hydrogen-bond donors (Lipinski definition) is 0. The van der Waals surface area contributed by atoms with Crippen LogP contribution < -0.4 is 0 Å². The highest BCUT2D eigenvalue weighted by Gasteiger charge is 2.28. The maximum absolute atomic E-state index is 12.0. The van der Waals surface area contributed by atoms with Gasteiger partial charge in [-0.3, -0.25) is 9.59 Å². The van der Waals surface area contributed by atoms with Crippen molar-refractivity contribution in [2.24, 2.45) is 5.92 Å². The Hall–Kier alpha value is -1.65. The molecule has 1 aromatic heterocycles. The second kappa shape index (κ2) is 4.69. The largest absolute Gasteiger partial charge is 0.331 e. The number of rotatable bonds is 3. The number of carbonyl (C=O) groups is 2. The zero-order valence-corrected chi connectivity index (χ0v) is 10.2. The zero-order valence-electron chi connectivity index (χ0n) is 10.2. The van der Waals surface area contributed by atoms with E-state index in [1.165, 1.54) is 0 Å². The van der Waals surface area contributed by atoms with Gasteiger partial charge in [0.15, 0.2) is 0 Å². The Morgan fingerprint density at radius 1 is 1.47 bits per heavy atom. The monoisotopic (exact) mass is 235 g/mol. The van der Waals surface area contributed by atoms with Crippen molar-refractivity contribution in [3.05, 3.63) is 18.2 Å². The summed E-state index contributed by atoms with van der Waals surface area (Å²) in [6, 6.07) is 0. The van der Waals surface area contributed by atoms with Gasteiger partial charge >= 0.3 is 0 Å². The molecule has 17 heavy (non-hydrogen) atoms. The van der Waals surface area contributed by atoms with Crippen LogP contribution in [0.4, 0.5) is 0 Å². The number of hydrogen-bond acceptors (Lipinski definition) is 3. The van der Waals surface area contributed by atoms with Crippen LogP contribution in [0.2, 0.25) is 0 Å². The van der Waals surface area contributed by atoms with Crippen LogP contribution in [0.1, 0.15) is 26.0 Å². The van der Waals surface area contributed by atoms with Gasteiger partial charge in [-0.2, -0.15) is 0 Å². The maximum atomic E-state index is 12.0. The van der Waals surface area contributed by atoms with Crippen molar-refractivity contribution in [3.63, 3.8) is 0 Å². The predicted octanol–water partition coefficient (Wildman–Crippen LogP) is 0.840. The molecular weight excluding hydrogens is 218 g/mol. The molecule has 1 aromatic rings. The quantitative estimate of drug-likeness (QED) is 0.729. The van der Waals surface area contributed by atoms with E-state index in [2.05, 4.69) is 4.98 Å². The van der Waals surface area contributed by atoms with E-state index in [0.717, 1.165) is 12.2 Å². The van der Waals surface area contributed by atoms with E-state index in [0.29, 0.717) is 19.5 Å². The van der Waals surface area contributed by atoms with Gasteiger partial charge in [-0.05, 0) is 6.42 Å². The third-order valence-corrected chi connectivity index (χ3v) is 3.32. The summed E-state index contributed by atoms with van der Waals surface area (Å²) in [5.41, 5.74) is 0.988. The van der Waals surface area contributed by atoms with E-state index in [1.807, 2.05) is 11.5 Å². The molecule has 0 aromatic carbocycles. The number of amides is 1. The first-order valence-electron chi connectivity index (χ1n) is 5.95. The van der Waals surface area contributed by atoms with Crippen LogP contribution in [0.5, 0.6) is 0 Å². The van der Waals surface area contributed by atoms with Crippen LogP contribution in [0.25, 0.3) is 0 Å². The number of carbonyl (C=O) groups excluding carboxylic acids is 2. The highest BCUT2D eigenvalue weighted by molar-refractivity contribution is 6.36. The number of ketones is 1. The SMILES string of the molecule is CCC(C)C(=O)C(=O)N1CCn2cncc2C1. The van der Waals surface area contributed by atoms with Crippen LogP contribution in [-0.2, 0) is 22.7 Å². The summed E-state index contributed by atoms with van der Waals surface area (Å²) < 4.78 is 2.01. The molecule has 0 N–H and O–H groups in total. The van der Waals surface area contributed by atoms with Crippen molar-refractivity contribution in [3.8, 4) is 0 Å². The Labute approximate surface area is 100 Å². The predicted molar refractivity (Wildman–Crippen MR) is 62.1 cm³/mol. The normalized spacial score (nSPS) is 16.5. The van der Waals surface area contributed by atoms with Crippen LogP contribution >= 0.6 is 0 Å². The molecule has 0 aliphatic carbocycles. The lowest BCUT2D eigenvalue weighted by atomic mass is 10.0. The lowest BCUT2D eigenvalue weighted by Gasteiger charge is -2.28. The van der Waals surface area contributed by atoms with E-state index < -0.39 is 0 Å². The van der Waals surface area contributed by atoms with Gasteiger partial charge in [-0.15, -0.1) is 0 Å². The summed E-state index contributed by atoms with van der Waals surface area (Å²) in [6.45, 7) is 5.51. The van der Waals surface area contributed by atoms with Gasteiger partial charge in [0.25, 0.3) is 5.91 Å². The summed E-state index contributed by atoms with van der Waals surface area (Å²) >= 11 is 0. The van der Waals surface area contributed by atoms with Crippen molar-refractivity contribution in [2.75, 3.05) is 6.54 Å². The summed E-state index contributed by atoms with van der Waals surface area (Å²) in [6.07, 6.45) is 4.21. The van der Waals surface area contributed by atoms with Gasteiger partial charge in [0, 0.05) is 25.2 Å². The number of aromatic nitrogens is 2. The minimum atomic E-state index is -0.355. The second-order valence-corrected chi connectivity index (χ2v) is 4.48. The Morgan fingerprint density at radius 3 is 2.94 bits per heavy atom. The first kappa shape index (κ1) is 11.8. The summed E-state index contributed by atoms with van der Waals surface area (Å²) in [5.74, 6) is -0.818. The van der Waals surface area contributed by atoms with Gasteiger partial charge in [0.1, 0.15) is 0 Å². The minimum Gasteiger partial charge on any atom is -0.331 e. The van der Waals surface area contributed by atoms with Gasteiger partial charge < -0.3 is 9.47 Å². The molecule has 0 fully saturated rings. The third-order valence-electron chi connectivity index (χ3n) is 3.32. The number of Topliss-reactive ketones (excluding diaryl/α,β-unsaturated/α-hetero) is 1. The maximum Gasteiger partial charge on any atom is 0.290 e. The van der Waals surface area contributed by atoms with Crippen LogP contribution in [-0.4, -0.2) is 32.7 Å². The Bertz CT molecular complexity index is 439. The number of imidazole rings is 1. The molecule has 1 unspecified atom stereocenters. The molecule has 5 heteroatoms. The molecule has 1 atom stereocenters. The molecule has 0 radical (unpaired) electrons. The molecule has 0 bridgehead atoms. The third kappa shape index (κ3) is 2.23. The number of nitrogens with zero attached hydrogens (tertiary/aromatic N) is 3. The molecule has 1 aliphatic rings. The van der Waals surface area contributed by atoms with Gasteiger partial charge in [0.05, 0.1) is 18.6 Å². The highest BCUT2D eigenvalue weighted by Crippen LogP contribution is 2.13. The van der Waals surface area contributed by atoms with Crippen molar-refractivity contribution >= 4 is 11.7 Å². The fraction of sp³-hybridized carbons (Fsp3) is 0.583. The van der Waals surface area contributed by atoms with E-state index in [9.17, 15) is 9.59 Å². The average molecular weight is 235 g/mol. The van der Waals surface area contributed by atoms with Crippen LogP contribution in [0, 0.1) is 5.92 Å². The van der Waals surface area contributed by atoms with E-state index in [1.54, 1.807) is 24.3 Å². The van der Waals surface area contributed by atoms with Gasteiger partial charge in [0.2, 0.25) is 5.78 Å². The van der Waals surface area contributed by atoms with E-state index in [4.69, 9.17) is 0 Å². The second-order valence-electron chi connectivity index (χ2n) is 4.48. The molecule has 2 heterocycles. The van der Waals surface area contributed by atoms with Gasteiger partial charge in [-0.1, -0.05) is 13.8 Å². The molecule has 0 saturated heterocycles. The molecule has 5 nitrogen and oxygen atoms in total. The van der Waals surface area contributed by atoms with Gasteiger partial charge in [-0.25, -0.2) is 4.98 Å². The Morgan fingerprint density at radius 2 is 2.24 bits per heavy atom. The Balaban J connectivity index is 2.06. The Kier molecular flexibility index (Phi) is 3.26. The van der Waals surface area contributed by atoms with Crippen LogP contribution in [0.15, 0.2) is 12.5 Å². The van der Waals surface area contributed by atoms with Crippen molar-refractivity contribution in [1.82, 2.24) is 14.5 Å². The van der Waals surface area contributed by atoms with Crippen molar-refractivity contribution in [1.29, 1.82) is 0 Å². The zero-order chi connectivity index (χ0) is 12.4.